The third kappa shape index (κ3) is 4.14. The zero-order valence-corrected chi connectivity index (χ0v) is 14.2. The number of aromatic nitrogens is 2. The van der Waals surface area contributed by atoms with Gasteiger partial charge in [0.15, 0.2) is 17.3 Å². The van der Waals surface area contributed by atoms with Crippen LogP contribution in [-0.4, -0.2) is 30.9 Å². The Morgan fingerprint density at radius 1 is 1.22 bits per heavy atom. The predicted octanol–water partition coefficient (Wildman–Crippen LogP) is 2.91. The van der Waals surface area contributed by atoms with Crippen molar-refractivity contribution in [3.05, 3.63) is 35.5 Å². The molecule has 0 spiro atoms. The van der Waals surface area contributed by atoms with Crippen molar-refractivity contribution in [3.8, 4) is 11.5 Å². The lowest BCUT2D eigenvalue weighted by Crippen LogP contribution is -2.27. The van der Waals surface area contributed by atoms with Gasteiger partial charge >= 0.3 is 0 Å². The van der Waals surface area contributed by atoms with Gasteiger partial charge in [0, 0.05) is 6.42 Å². The minimum atomic E-state index is 0. The second-order valence-electron chi connectivity index (χ2n) is 5.42. The van der Waals surface area contributed by atoms with E-state index in [1.54, 1.807) is 14.2 Å². The summed E-state index contributed by atoms with van der Waals surface area (Å²) in [6.07, 6.45) is 4.07. The van der Waals surface area contributed by atoms with Gasteiger partial charge in [-0.25, -0.2) is 0 Å². The lowest BCUT2D eigenvalue weighted by Gasteiger charge is -2.19. The topological polar surface area (TPSA) is 69.4 Å². The predicted molar refractivity (Wildman–Crippen MR) is 88.5 cm³/mol. The summed E-state index contributed by atoms with van der Waals surface area (Å²) in [5.74, 6) is 2.80. The molecule has 1 unspecified atom stereocenters. The van der Waals surface area contributed by atoms with Crippen LogP contribution in [0.25, 0.3) is 0 Å². The normalized spacial score (nSPS) is 17.4. The Balaban J connectivity index is 0.00000192. The molecule has 1 aromatic heterocycles. The summed E-state index contributed by atoms with van der Waals surface area (Å²) in [5.41, 5.74) is 1.06. The number of ether oxygens (including phenoxy) is 2. The minimum absolute atomic E-state index is 0. The number of halogens is 1. The highest BCUT2D eigenvalue weighted by atomic mass is 35.5. The lowest BCUT2D eigenvalue weighted by molar-refractivity contribution is 0.296. The number of benzene rings is 1. The van der Waals surface area contributed by atoms with Crippen molar-refractivity contribution < 1.29 is 14.0 Å². The van der Waals surface area contributed by atoms with E-state index in [-0.39, 0.29) is 18.4 Å². The number of rotatable bonds is 5. The standard InChI is InChI=1S/C16H21N3O3.ClH/c1-20-13-7-6-11(9-14(13)21-2)10-15-18-16(22-19-15)12-5-3-4-8-17-12;/h6-7,9,12,17H,3-5,8,10H2,1-2H3;1H. The Hall–Kier alpha value is -1.79. The molecule has 1 aromatic carbocycles. The molecule has 23 heavy (non-hydrogen) atoms. The average molecular weight is 340 g/mol. The van der Waals surface area contributed by atoms with Crippen LogP contribution in [-0.2, 0) is 6.42 Å². The molecule has 6 nitrogen and oxygen atoms in total. The molecule has 1 aliphatic heterocycles. The summed E-state index contributed by atoms with van der Waals surface area (Å²) in [7, 11) is 3.25. The fourth-order valence-corrected chi connectivity index (χ4v) is 2.72. The summed E-state index contributed by atoms with van der Waals surface area (Å²) >= 11 is 0. The van der Waals surface area contributed by atoms with E-state index in [2.05, 4.69) is 15.5 Å². The van der Waals surface area contributed by atoms with Gasteiger partial charge < -0.3 is 19.3 Å². The van der Waals surface area contributed by atoms with Gasteiger partial charge in [0.05, 0.1) is 20.3 Å². The van der Waals surface area contributed by atoms with Crippen LogP contribution in [0.1, 0.15) is 42.6 Å². The van der Waals surface area contributed by atoms with E-state index < -0.39 is 0 Å². The van der Waals surface area contributed by atoms with Crippen LogP contribution in [0, 0.1) is 0 Å². The van der Waals surface area contributed by atoms with E-state index in [4.69, 9.17) is 14.0 Å². The summed E-state index contributed by atoms with van der Waals surface area (Å²) in [6.45, 7) is 1.01. The number of nitrogens with zero attached hydrogens (tertiary/aromatic N) is 2. The molecule has 126 valence electrons. The first-order chi connectivity index (χ1) is 10.8. The maximum Gasteiger partial charge on any atom is 0.243 e. The first-order valence-electron chi connectivity index (χ1n) is 7.57. The van der Waals surface area contributed by atoms with Gasteiger partial charge in [0.2, 0.25) is 5.89 Å². The monoisotopic (exact) mass is 339 g/mol. The quantitative estimate of drug-likeness (QED) is 0.903. The molecule has 1 aliphatic rings. The second kappa shape index (κ2) is 8.17. The molecule has 3 rings (SSSR count). The van der Waals surface area contributed by atoms with Gasteiger partial charge in [0.1, 0.15) is 0 Å². The van der Waals surface area contributed by atoms with E-state index >= 15 is 0 Å². The van der Waals surface area contributed by atoms with E-state index in [9.17, 15) is 0 Å². The van der Waals surface area contributed by atoms with Crippen molar-refractivity contribution in [2.45, 2.75) is 31.7 Å². The summed E-state index contributed by atoms with van der Waals surface area (Å²) in [6, 6.07) is 6.00. The lowest BCUT2D eigenvalue weighted by atomic mass is 10.1. The van der Waals surface area contributed by atoms with Crippen molar-refractivity contribution in [1.82, 2.24) is 15.5 Å². The van der Waals surface area contributed by atoms with Crippen LogP contribution in [0.2, 0.25) is 0 Å². The molecule has 2 aromatic rings. The fourth-order valence-electron chi connectivity index (χ4n) is 2.72. The van der Waals surface area contributed by atoms with E-state index in [0.717, 1.165) is 18.5 Å². The molecule has 0 saturated carbocycles. The molecule has 0 aliphatic carbocycles. The van der Waals surface area contributed by atoms with Crippen LogP contribution in [0.5, 0.6) is 11.5 Å². The summed E-state index contributed by atoms with van der Waals surface area (Å²) < 4.78 is 16.0. The third-order valence-corrected chi connectivity index (χ3v) is 3.90. The minimum Gasteiger partial charge on any atom is -0.493 e. The van der Waals surface area contributed by atoms with Crippen LogP contribution < -0.4 is 14.8 Å². The molecule has 0 radical (unpaired) electrons. The van der Waals surface area contributed by atoms with Gasteiger partial charge in [-0.15, -0.1) is 12.4 Å². The summed E-state index contributed by atoms with van der Waals surface area (Å²) in [5, 5.41) is 7.50. The van der Waals surface area contributed by atoms with Crippen LogP contribution in [0.15, 0.2) is 22.7 Å². The van der Waals surface area contributed by atoms with Crippen LogP contribution in [0.3, 0.4) is 0 Å². The number of piperidine rings is 1. The molecule has 1 N–H and O–H groups in total. The Labute approximate surface area is 142 Å². The Morgan fingerprint density at radius 2 is 2.04 bits per heavy atom. The van der Waals surface area contributed by atoms with Crippen molar-refractivity contribution in [3.63, 3.8) is 0 Å². The first kappa shape index (κ1) is 17.6. The van der Waals surface area contributed by atoms with Gasteiger partial charge in [-0.3, -0.25) is 0 Å². The zero-order chi connectivity index (χ0) is 15.4. The Bertz CT molecular complexity index is 627. The van der Waals surface area contributed by atoms with Gasteiger partial charge in [0.25, 0.3) is 0 Å². The molecular weight excluding hydrogens is 318 g/mol. The number of hydrogen-bond donors (Lipinski definition) is 1. The molecule has 1 saturated heterocycles. The van der Waals surface area contributed by atoms with Crippen LogP contribution >= 0.6 is 12.4 Å². The largest absolute Gasteiger partial charge is 0.493 e. The second-order valence-corrected chi connectivity index (χ2v) is 5.42. The third-order valence-electron chi connectivity index (χ3n) is 3.90. The number of nitrogens with one attached hydrogen (secondary N) is 1. The van der Waals surface area contributed by atoms with Gasteiger partial charge in [-0.1, -0.05) is 17.6 Å². The van der Waals surface area contributed by atoms with Crippen molar-refractivity contribution in [1.29, 1.82) is 0 Å². The molecular formula is C16H22ClN3O3. The highest BCUT2D eigenvalue weighted by molar-refractivity contribution is 5.85. The average Bonchev–Trinajstić information content (AvgIpc) is 3.04. The smallest absolute Gasteiger partial charge is 0.243 e. The summed E-state index contributed by atoms with van der Waals surface area (Å²) in [4.78, 5) is 4.51. The highest BCUT2D eigenvalue weighted by Crippen LogP contribution is 2.28. The fraction of sp³-hybridized carbons (Fsp3) is 0.500. The van der Waals surface area contributed by atoms with Crippen molar-refractivity contribution in [2.75, 3.05) is 20.8 Å². The SMILES string of the molecule is COc1ccc(Cc2noc(C3CCCCN3)n2)cc1OC.Cl. The van der Waals surface area contributed by atoms with E-state index in [0.29, 0.717) is 29.6 Å². The molecule has 1 atom stereocenters. The molecule has 7 heteroatoms. The zero-order valence-electron chi connectivity index (χ0n) is 13.4. The maximum atomic E-state index is 5.40. The maximum absolute atomic E-state index is 5.40. The highest BCUT2D eigenvalue weighted by Gasteiger charge is 2.21. The Kier molecular flexibility index (Phi) is 6.24. The van der Waals surface area contributed by atoms with Gasteiger partial charge in [-0.05, 0) is 37.1 Å². The van der Waals surface area contributed by atoms with Crippen molar-refractivity contribution in [2.24, 2.45) is 0 Å². The Morgan fingerprint density at radius 3 is 2.74 bits per heavy atom. The van der Waals surface area contributed by atoms with Gasteiger partial charge in [-0.2, -0.15) is 4.98 Å². The van der Waals surface area contributed by atoms with E-state index in [1.807, 2.05) is 18.2 Å². The number of hydrogen-bond acceptors (Lipinski definition) is 6. The van der Waals surface area contributed by atoms with Crippen molar-refractivity contribution >= 4 is 12.4 Å². The molecule has 1 fully saturated rings. The first-order valence-corrected chi connectivity index (χ1v) is 7.57. The number of methoxy groups -OCH3 is 2. The molecule has 0 bridgehead atoms. The van der Waals surface area contributed by atoms with Crippen LogP contribution in [0.4, 0.5) is 0 Å². The molecule has 2 heterocycles. The molecule has 0 amide bonds. The van der Waals surface area contributed by atoms with E-state index in [1.165, 1.54) is 12.8 Å².